The summed E-state index contributed by atoms with van der Waals surface area (Å²) >= 11 is 0. The number of nitrogens with zero attached hydrogens (tertiary/aromatic N) is 2. The fourth-order valence-electron chi connectivity index (χ4n) is 1.38. The third-order valence-electron chi connectivity index (χ3n) is 2.12. The fraction of sp³-hybridized carbons (Fsp3) is 0.0909. The van der Waals surface area contributed by atoms with E-state index in [4.69, 9.17) is 4.74 Å². The number of ether oxygens (including phenoxy) is 1. The second-order valence-corrected chi connectivity index (χ2v) is 3.02. The summed E-state index contributed by atoms with van der Waals surface area (Å²) in [7, 11) is 1.59. The monoisotopic (exact) mass is 202 g/mol. The Balaban J connectivity index is 2.56. The van der Waals surface area contributed by atoms with E-state index in [1.807, 2.05) is 0 Å². The molecule has 4 nitrogen and oxygen atoms in total. The van der Waals surface area contributed by atoms with Gasteiger partial charge < -0.3 is 9.30 Å². The number of carbonyl (C=O) groups excluding carboxylic acids is 1. The summed E-state index contributed by atoms with van der Waals surface area (Å²) in [6, 6.07) is 5.23. The van der Waals surface area contributed by atoms with E-state index in [0.717, 1.165) is 12.0 Å². The van der Waals surface area contributed by atoms with Crippen LogP contribution in [-0.4, -0.2) is 22.9 Å². The summed E-state index contributed by atoms with van der Waals surface area (Å²) in [6.45, 7) is 0. The van der Waals surface area contributed by atoms with Crippen LogP contribution in [0.1, 0.15) is 10.4 Å². The quantitative estimate of drug-likeness (QED) is 0.711. The molecular weight excluding hydrogens is 192 g/mol. The van der Waals surface area contributed by atoms with Crippen LogP contribution in [0.15, 0.2) is 36.9 Å². The first-order chi connectivity index (χ1) is 7.35. The van der Waals surface area contributed by atoms with Gasteiger partial charge in [-0.2, -0.15) is 0 Å². The Bertz CT molecular complexity index is 463. The first-order valence-electron chi connectivity index (χ1n) is 4.46. The zero-order valence-corrected chi connectivity index (χ0v) is 8.25. The topological polar surface area (TPSA) is 44.1 Å². The van der Waals surface area contributed by atoms with Crippen molar-refractivity contribution in [1.82, 2.24) is 9.55 Å². The zero-order chi connectivity index (χ0) is 10.7. The third kappa shape index (κ3) is 1.74. The van der Waals surface area contributed by atoms with Gasteiger partial charge in [-0.3, -0.25) is 4.79 Å². The van der Waals surface area contributed by atoms with E-state index >= 15 is 0 Å². The molecule has 0 spiro atoms. The van der Waals surface area contributed by atoms with Crippen molar-refractivity contribution in [1.29, 1.82) is 0 Å². The van der Waals surface area contributed by atoms with Crippen molar-refractivity contribution in [3.63, 3.8) is 0 Å². The summed E-state index contributed by atoms with van der Waals surface area (Å²) in [6.07, 6.45) is 5.94. The molecule has 1 aromatic carbocycles. The van der Waals surface area contributed by atoms with E-state index in [1.165, 1.54) is 0 Å². The van der Waals surface area contributed by atoms with Gasteiger partial charge in [0.1, 0.15) is 12.0 Å². The average molecular weight is 202 g/mol. The Hall–Kier alpha value is -2.10. The molecule has 0 unspecified atom stereocenters. The number of methoxy groups -OCH3 is 1. The summed E-state index contributed by atoms with van der Waals surface area (Å²) in [4.78, 5) is 14.6. The fourth-order valence-corrected chi connectivity index (χ4v) is 1.38. The lowest BCUT2D eigenvalue weighted by Crippen LogP contribution is -1.96. The predicted octanol–water partition coefficient (Wildman–Crippen LogP) is 1.69. The maximum atomic E-state index is 10.7. The highest BCUT2D eigenvalue weighted by atomic mass is 16.5. The second-order valence-electron chi connectivity index (χ2n) is 3.02. The number of hydrogen-bond acceptors (Lipinski definition) is 3. The number of rotatable bonds is 3. The smallest absolute Gasteiger partial charge is 0.150 e. The van der Waals surface area contributed by atoms with Crippen molar-refractivity contribution in [2.24, 2.45) is 0 Å². The van der Waals surface area contributed by atoms with Crippen molar-refractivity contribution in [2.45, 2.75) is 0 Å². The standard InChI is InChI=1S/C11H10N2O2/c1-15-11-3-2-9(7-14)6-10(11)13-5-4-12-8-13/h2-8H,1H3. The number of benzene rings is 1. The van der Waals surface area contributed by atoms with Crippen LogP contribution in [0.3, 0.4) is 0 Å². The van der Waals surface area contributed by atoms with Gasteiger partial charge in [0, 0.05) is 18.0 Å². The van der Waals surface area contributed by atoms with Gasteiger partial charge in [-0.05, 0) is 18.2 Å². The molecule has 0 atom stereocenters. The lowest BCUT2D eigenvalue weighted by Gasteiger charge is -2.09. The minimum absolute atomic E-state index is 0.611. The third-order valence-corrected chi connectivity index (χ3v) is 2.12. The summed E-state index contributed by atoms with van der Waals surface area (Å²) in [5.41, 5.74) is 1.42. The Morgan fingerprint density at radius 1 is 1.47 bits per heavy atom. The predicted molar refractivity (Wildman–Crippen MR) is 55.5 cm³/mol. The van der Waals surface area contributed by atoms with Crippen LogP contribution in [0.5, 0.6) is 5.75 Å². The Morgan fingerprint density at radius 3 is 2.93 bits per heavy atom. The van der Waals surface area contributed by atoms with Gasteiger partial charge in [0.25, 0.3) is 0 Å². The summed E-state index contributed by atoms with van der Waals surface area (Å²) in [5.74, 6) is 0.707. The highest BCUT2D eigenvalue weighted by molar-refractivity contribution is 5.77. The molecule has 0 radical (unpaired) electrons. The van der Waals surface area contributed by atoms with Crippen LogP contribution in [0.4, 0.5) is 0 Å². The summed E-state index contributed by atoms with van der Waals surface area (Å²) < 4.78 is 7.00. The molecule has 2 rings (SSSR count). The molecule has 2 aromatic rings. The van der Waals surface area contributed by atoms with E-state index in [-0.39, 0.29) is 0 Å². The van der Waals surface area contributed by atoms with Crippen molar-refractivity contribution in [3.8, 4) is 11.4 Å². The highest BCUT2D eigenvalue weighted by Gasteiger charge is 2.05. The van der Waals surface area contributed by atoms with Gasteiger partial charge in [0.2, 0.25) is 0 Å². The molecule has 0 N–H and O–H groups in total. The van der Waals surface area contributed by atoms with Gasteiger partial charge >= 0.3 is 0 Å². The minimum Gasteiger partial charge on any atom is -0.495 e. The van der Waals surface area contributed by atoms with Gasteiger partial charge in [-0.1, -0.05) is 0 Å². The number of aromatic nitrogens is 2. The van der Waals surface area contributed by atoms with Crippen molar-refractivity contribution < 1.29 is 9.53 Å². The number of hydrogen-bond donors (Lipinski definition) is 0. The van der Waals surface area contributed by atoms with E-state index in [2.05, 4.69) is 4.98 Å². The van der Waals surface area contributed by atoms with Gasteiger partial charge in [-0.15, -0.1) is 0 Å². The molecule has 0 fully saturated rings. The van der Waals surface area contributed by atoms with Gasteiger partial charge in [-0.25, -0.2) is 4.98 Å². The largest absolute Gasteiger partial charge is 0.495 e. The molecule has 0 saturated carbocycles. The van der Waals surface area contributed by atoms with Gasteiger partial charge in [0.05, 0.1) is 19.1 Å². The molecule has 0 amide bonds. The number of carbonyl (C=O) groups is 1. The van der Waals surface area contributed by atoms with Crippen molar-refractivity contribution in [2.75, 3.05) is 7.11 Å². The molecule has 4 heteroatoms. The van der Waals surface area contributed by atoms with E-state index in [9.17, 15) is 4.79 Å². The Kier molecular flexibility index (Phi) is 2.49. The molecule has 0 aliphatic heterocycles. The molecule has 1 heterocycles. The zero-order valence-electron chi connectivity index (χ0n) is 8.25. The van der Waals surface area contributed by atoms with Crippen molar-refractivity contribution in [3.05, 3.63) is 42.5 Å². The molecule has 15 heavy (non-hydrogen) atoms. The van der Waals surface area contributed by atoms with Crippen LogP contribution in [-0.2, 0) is 0 Å². The molecular formula is C11H10N2O2. The first kappa shape index (κ1) is 9.45. The molecule has 0 aliphatic rings. The molecule has 0 bridgehead atoms. The highest BCUT2D eigenvalue weighted by Crippen LogP contribution is 2.23. The van der Waals surface area contributed by atoms with E-state index in [1.54, 1.807) is 48.6 Å². The maximum Gasteiger partial charge on any atom is 0.150 e. The number of imidazole rings is 1. The van der Waals surface area contributed by atoms with Crippen LogP contribution >= 0.6 is 0 Å². The minimum atomic E-state index is 0.611. The lowest BCUT2D eigenvalue weighted by atomic mass is 10.2. The Morgan fingerprint density at radius 2 is 2.33 bits per heavy atom. The van der Waals surface area contributed by atoms with Crippen molar-refractivity contribution >= 4 is 6.29 Å². The Labute approximate surface area is 87.1 Å². The normalized spacial score (nSPS) is 9.93. The lowest BCUT2D eigenvalue weighted by molar-refractivity contribution is 0.112. The van der Waals surface area contributed by atoms with Crippen LogP contribution in [0, 0.1) is 0 Å². The van der Waals surface area contributed by atoms with E-state index in [0.29, 0.717) is 11.3 Å². The SMILES string of the molecule is COc1ccc(C=O)cc1-n1ccnc1. The number of aldehydes is 1. The van der Waals surface area contributed by atoms with Gasteiger partial charge in [0.15, 0.2) is 0 Å². The van der Waals surface area contributed by atoms with Crippen LogP contribution in [0.25, 0.3) is 5.69 Å². The molecule has 0 saturated heterocycles. The maximum absolute atomic E-state index is 10.7. The van der Waals surface area contributed by atoms with Crippen LogP contribution in [0.2, 0.25) is 0 Å². The molecule has 0 aliphatic carbocycles. The molecule has 1 aromatic heterocycles. The summed E-state index contributed by atoms with van der Waals surface area (Å²) in [5, 5.41) is 0. The van der Waals surface area contributed by atoms with E-state index < -0.39 is 0 Å². The second kappa shape index (κ2) is 3.96. The average Bonchev–Trinajstić information content (AvgIpc) is 2.81. The molecule has 76 valence electrons. The first-order valence-corrected chi connectivity index (χ1v) is 4.46. The van der Waals surface area contributed by atoms with Crippen LogP contribution < -0.4 is 4.74 Å².